The maximum Gasteiger partial charge on any atom is 0.351 e. The summed E-state index contributed by atoms with van der Waals surface area (Å²) in [7, 11) is -1.56. The molecule has 0 radical (unpaired) electrons. The fourth-order valence-corrected chi connectivity index (χ4v) is 4.10. The van der Waals surface area contributed by atoms with Crippen LogP contribution in [0.5, 0.6) is 0 Å². The van der Waals surface area contributed by atoms with Crippen molar-refractivity contribution in [3.63, 3.8) is 0 Å². The summed E-state index contributed by atoms with van der Waals surface area (Å²) < 4.78 is 24.1. The molecule has 2 aliphatic heterocycles. The molecule has 2 fully saturated rings. The molecule has 1 aromatic rings. The number of nitrogens with two attached hydrogens (primary N) is 1. The van der Waals surface area contributed by atoms with Gasteiger partial charge in [-0.1, -0.05) is 0 Å². The van der Waals surface area contributed by atoms with Crippen LogP contribution >= 0.6 is 8.60 Å². The van der Waals surface area contributed by atoms with E-state index in [2.05, 4.69) is 11.1 Å². The molecule has 5 atom stereocenters. The molecule has 0 aromatic carbocycles. The monoisotopic (exact) mass is 354 g/mol. The van der Waals surface area contributed by atoms with Gasteiger partial charge in [0.25, 0.3) is 0 Å². The van der Waals surface area contributed by atoms with Gasteiger partial charge in [0.2, 0.25) is 0 Å². The molecule has 0 spiro atoms. The van der Waals surface area contributed by atoms with Crippen LogP contribution in [0, 0.1) is 16.7 Å². The summed E-state index contributed by atoms with van der Waals surface area (Å²) in [5.74, 6) is 0.110. The van der Waals surface area contributed by atoms with E-state index >= 15 is 0 Å². The molecular weight excluding hydrogens is 335 g/mol. The number of ether oxygens (including phenoxy) is 1. The first-order chi connectivity index (χ1) is 11.3. The molecule has 2 saturated heterocycles. The van der Waals surface area contributed by atoms with Gasteiger partial charge in [-0.25, -0.2) is 4.79 Å². The Hall–Kier alpha value is -1.56. The minimum atomic E-state index is -1.56. The van der Waals surface area contributed by atoms with Crippen molar-refractivity contribution in [2.24, 2.45) is 5.41 Å². The molecule has 0 saturated carbocycles. The van der Waals surface area contributed by atoms with Crippen LogP contribution in [0.4, 0.5) is 5.82 Å². The molecule has 10 heteroatoms. The predicted molar refractivity (Wildman–Crippen MR) is 84.5 cm³/mol. The van der Waals surface area contributed by atoms with E-state index in [1.165, 1.54) is 16.8 Å². The molecule has 24 heavy (non-hydrogen) atoms. The molecule has 2 aliphatic rings. The Bertz CT molecular complexity index is 720. The lowest BCUT2D eigenvalue weighted by molar-refractivity contribution is -0.0646. The van der Waals surface area contributed by atoms with Gasteiger partial charge in [0.1, 0.15) is 23.4 Å². The maximum absolute atomic E-state index is 12.1. The lowest BCUT2D eigenvalue weighted by Crippen LogP contribution is -2.42. The fraction of sp³-hybridized carbons (Fsp3) is 0.643. The standard InChI is InChI=1S/C14H19N4O5P/c1-8(2)22-24-20-6-9-11(23-24)14(3,7-15)12(21-9)18-5-4-10(16)17-13(18)19/h4-5,8-9,11-12H,6H2,1-3H3,(H2,16,17,19)/t9-,11-,12?,14-,24?/m1/s1. The summed E-state index contributed by atoms with van der Waals surface area (Å²) in [6, 6.07) is 3.72. The lowest BCUT2D eigenvalue weighted by atomic mass is 9.84. The first-order valence-electron chi connectivity index (χ1n) is 7.53. The third-order valence-corrected chi connectivity index (χ3v) is 5.28. The van der Waals surface area contributed by atoms with E-state index in [0.29, 0.717) is 0 Å². The number of anilines is 1. The van der Waals surface area contributed by atoms with Crippen molar-refractivity contribution >= 4 is 14.4 Å². The van der Waals surface area contributed by atoms with Gasteiger partial charge < -0.3 is 24.0 Å². The molecule has 1 aromatic heterocycles. The molecule has 0 aliphatic carbocycles. The molecule has 2 unspecified atom stereocenters. The minimum Gasteiger partial charge on any atom is -0.383 e. The van der Waals surface area contributed by atoms with Crippen LogP contribution in [-0.2, 0) is 18.3 Å². The second-order valence-corrected chi connectivity index (χ2v) is 7.29. The van der Waals surface area contributed by atoms with Crippen molar-refractivity contribution in [1.29, 1.82) is 5.26 Å². The molecule has 0 bridgehead atoms. The Morgan fingerprint density at radius 1 is 1.62 bits per heavy atom. The van der Waals surface area contributed by atoms with E-state index in [4.69, 9.17) is 24.0 Å². The third-order valence-electron chi connectivity index (χ3n) is 3.93. The van der Waals surface area contributed by atoms with Gasteiger partial charge in [0.05, 0.1) is 18.8 Å². The van der Waals surface area contributed by atoms with Gasteiger partial charge >= 0.3 is 14.3 Å². The van der Waals surface area contributed by atoms with E-state index in [9.17, 15) is 10.1 Å². The third kappa shape index (κ3) is 2.92. The number of rotatable bonds is 3. The van der Waals surface area contributed by atoms with Crippen LogP contribution in [0.2, 0.25) is 0 Å². The number of nitrogen functional groups attached to an aromatic ring is 1. The summed E-state index contributed by atoms with van der Waals surface area (Å²) in [6.45, 7) is 5.67. The first-order valence-corrected chi connectivity index (χ1v) is 8.62. The van der Waals surface area contributed by atoms with E-state index in [1.807, 2.05) is 13.8 Å². The van der Waals surface area contributed by atoms with E-state index < -0.39 is 38.1 Å². The molecule has 130 valence electrons. The Balaban J connectivity index is 1.91. The molecule has 0 amide bonds. The van der Waals surface area contributed by atoms with Gasteiger partial charge in [0, 0.05) is 6.20 Å². The minimum absolute atomic E-state index is 0.0666. The zero-order chi connectivity index (χ0) is 17.5. The topological polar surface area (TPSA) is 122 Å². The average Bonchev–Trinajstić information content (AvgIpc) is 2.80. The summed E-state index contributed by atoms with van der Waals surface area (Å²) in [6.07, 6.45) is -0.496. The predicted octanol–water partition coefficient (Wildman–Crippen LogP) is 1.32. The van der Waals surface area contributed by atoms with Crippen molar-refractivity contribution in [2.75, 3.05) is 12.3 Å². The lowest BCUT2D eigenvalue weighted by Gasteiger charge is -2.34. The Morgan fingerprint density at radius 2 is 2.38 bits per heavy atom. The summed E-state index contributed by atoms with van der Waals surface area (Å²) in [5, 5.41) is 9.76. The Morgan fingerprint density at radius 3 is 3.00 bits per heavy atom. The van der Waals surface area contributed by atoms with Crippen LogP contribution in [-0.4, -0.2) is 34.5 Å². The zero-order valence-electron chi connectivity index (χ0n) is 13.6. The van der Waals surface area contributed by atoms with Crippen LogP contribution in [0.15, 0.2) is 17.1 Å². The van der Waals surface area contributed by atoms with E-state index in [1.54, 1.807) is 6.92 Å². The number of nitrogens with zero attached hydrogens (tertiary/aromatic N) is 3. The molecule has 9 nitrogen and oxygen atoms in total. The quantitative estimate of drug-likeness (QED) is 0.807. The van der Waals surface area contributed by atoms with Crippen molar-refractivity contribution in [3.8, 4) is 6.07 Å². The second-order valence-electron chi connectivity index (χ2n) is 6.16. The SMILES string of the molecule is CC(C)OP1OC[C@H]2OC(n3ccc(N)nc3=O)[C@](C)(C#N)[C@@H]2O1. The van der Waals surface area contributed by atoms with E-state index in [-0.39, 0.29) is 18.5 Å². The van der Waals surface area contributed by atoms with Crippen LogP contribution < -0.4 is 11.4 Å². The number of aromatic nitrogens is 2. The van der Waals surface area contributed by atoms with Gasteiger partial charge in [0.15, 0.2) is 6.23 Å². The average molecular weight is 354 g/mol. The normalized spacial score (nSPS) is 35.6. The van der Waals surface area contributed by atoms with E-state index in [0.717, 1.165) is 0 Å². The molecule has 3 rings (SSSR count). The summed E-state index contributed by atoms with van der Waals surface area (Å²) >= 11 is 0. The van der Waals surface area contributed by atoms with Crippen molar-refractivity contribution in [2.45, 2.75) is 45.3 Å². The van der Waals surface area contributed by atoms with Gasteiger partial charge in [-0.3, -0.25) is 4.57 Å². The summed E-state index contributed by atoms with van der Waals surface area (Å²) in [5.41, 5.74) is 3.84. The highest BCUT2D eigenvalue weighted by atomic mass is 31.2. The highest BCUT2D eigenvalue weighted by molar-refractivity contribution is 7.41. The number of hydrogen-bond donors (Lipinski definition) is 1. The fourth-order valence-electron chi connectivity index (χ4n) is 2.77. The Kier molecular flexibility index (Phi) is 4.60. The van der Waals surface area contributed by atoms with Gasteiger partial charge in [-0.15, -0.1) is 0 Å². The largest absolute Gasteiger partial charge is 0.383 e. The molecular formula is C14H19N4O5P. The van der Waals surface area contributed by atoms with Crippen molar-refractivity contribution in [1.82, 2.24) is 9.55 Å². The van der Waals surface area contributed by atoms with Crippen LogP contribution in [0.1, 0.15) is 27.0 Å². The van der Waals surface area contributed by atoms with Crippen molar-refractivity contribution < 1.29 is 18.3 Å². The zero-order valence-corrected chi connectivity index (χ0v) is 14.5. The molecule has 3 heterocycles. The van der Waals surface area contributed by atoms with Crippen LogP contribution in [0.3, 0.4) is 0 Å². The maximum atomic E-state index is 12.1. The summed E-state index contributed by atoms with van der Waals surface area (Å²) in [4.78, 5) is 15.8. The smallest absolute Gasteiger partial charge is 0.351 e. The highest BCUT2D eigenvalue weighted by Crippen LogP contribution is 2.56. The van der Waals surface area contributed by atoms with Gasteiger partial charge in [-0.05, 0) is 26.8 Å². The van der Waals surface area contributed by atoms with Crippen molar-refractivity contribution in [3.05, 3.63) is 22.7 Å². The number of hydrogen-bond acceptors (Lipinski definition) is 8. The van der Waals surface area contributed by atoms with Gasteiger partial charge in [-0.2, -0.15) is 10.2 Å². The number of nitriles is 1. The highest BCUT2D eigenvalue weighted by Gasteiger charge is 2.59. The molecule has 2 N–H and O–H groups in total. The number of fused-ring (bicyclic) bond motifs is 1. The van der Waals surface area contributed by atoms with Crippen LogP contribution in [0.25, 0.3) is 0 Å². The first kappa shape index (κ1) is 17.3. The second kappa shape index (κ2) is 6.39. The Labute approximate surface area is 140 Å².